The summed E-state index contributed by atoms with van der Waals surface area (Å²) in [5.41, 5.74) is 5.94. The van der Waals surface area contributed by atoms with Crippen molar-refractivity contribution in [1.82, 2.24) is 0 Å². The summed E-state index contributed by atoms with van der Waals surface area (Å²) >= 11 is 0. The molecular formula is C11H13F2N. The molecule has 0 spiro atoms. The van der Waals surface area contributed by atoms with Gasteiger partial charge in [-0.2, -0.15) is 0 Å². The first kappa shape index (κ1) is 9.59. The minimum absolute atomic E-state index is 0.0359. The van der Waals surface area contributed by atoms with Crippen molar-refractivity contribution >= 4 is 0 Å². The smallest absolute Gasteiger partial charge is 0.129 e. The van der Waals surface area contributed by atoms with Gasteiger partial charge in [0.1, 0.15) is 11.6 Å². The van der Waals surface area contributed by atoms with Gasteiger partial charge in [-0.25, -0.2) is 8.78 Å². The van der Waals surface area contributed by atoms with Gasteiger partial charge in [-0.05, 0) is 37.3 Å². The van der Waals surface area contributed by atoms with E-state index in [4.69, 9.17) is 5.73 Å². The Bertz CT molecular complexity index is 318. The summed E-state index contributed by atoms with van der Waals surface area (Å²) in [7, 11) is 0. The van der Waals surface area contributed by atoms with Crippen LogP contribution in [-0.2, 0) is 0 Å². The van der Waals surface area contributed by atoms with Crippen LogP contribution < -0.4 is 5.73 Å². The highest BCUT2D eigenvalue weighted by molar-refractivity contribution is 5.25. The number of hydrogen-bond donors (Lipinski definition) is 1. The van der Waals surface area contributed by atoms with E-state index in [1.54, 1.807) is 0 Å². The zero-order chi connectivity index (χ0) is 10.1. The van der Waals surface area contributed by atoms with E-state index in [0.717, 1.165) is 12.8 Å². The Morgan fingerprint density at radius 1 is 1.14 bits per heavy atom. The second-order valence-corrected chi connectivity index (χ2v) is 3.91. The first-order valence-corrected chi connectivity index (χ1v) is 4.88. The highest BCUT2D eigenvalue weighted by Crippen LogP contribution is 2.36. The van der Waals surface area contributed by atoms with E-state index in [2.05, 4.69) is 0 Å². The van der Waals surface area contributed by atoms with Crippen LogP contribution in [-0.4, -0.2) is 6.04 Å². The van der Waals surface area contributed by atoms with Crippen molar-refractivity contribution < 1.29 is 8.78 Å². The van der Waals surface area contributed by atoms with Crippen LogP contribution >= 0.6 is 0 Å². The quantitative estimate of drug-likeness (QED) is 0.735. The monoisotopic (exact) mass is 197 g/mol. The Balaban J connectivity index is 2.31. The molecule has 0 aromatic heterocycles. The summed E-state index contributed by atoms with van der Waals surface area (Å²) in [6, 6.07) is 4.10. The predicted octanol–water partition coefficient (Wildman–Crippen LogP) is 2.56. The summed E-state index contributed by atoms with van der Waals surface area (Å²) in [6.07, 6.45) is 2.34. The summed E-state index contributed by atoms with van der Waals surface area (Å²) in [5, 5.41) is 0. The molecule has 0 aliphatic heterocycles. The van der Waals surface area contributed by atoms with Crippen LogP contribution in [0.2, 0.25) is 0 Å². The van der Waals surface area contributed by atoms with Crippen molar-refractivity contribution in [2.75, 3.05) is 0 Å². The van der Waals surface area contributed by atoms with Gasteiger partial charge < -0.3 is 5.73 Å². The van der Waals surface area contributed by atoms with E-state index in [1.807, 2.05) is 0 Å². The number of nitrogens with two attached hydrogens (primary N) is 1. The Kier molecular flexibility index (Phi) is 2.50. The van der Waals surface area contributed by atoms with Crippen molar-refractivity contribution in [2.24, 2.45) is 5.73 Å². The lowest BCUT2D eigenvalue weighted by Crippen LogP contribution is -2.14. The molecule has 0 radical (unpaired) electrons. The molecule has 2 rings (SSSR count). The minimum atomic E-state index is -0.441. The van der Waals surface area contributed by atoms with Crippen molar-refractivity contribution in [1.29, 1.82) is 0 Å². The highest BCUT2D eigenvalue weighted by atomic mass is 19.1. The van der Waals surface area contributed by atoms with E-state index in [-0.39, 0.29) is 17.5 Å². The second kappa shape index (κ2) is 3.65. The molecule has 2 N–H and O–H groups in total. The first-order chi connectivity index (χ1) is 6.68. The van der Waals surface area contributed by atoms with E-state index in [1.165, 1.54) is 18.2 Å². The van der Waals surface area contributed by atoms with Gasteiger partial charge in [0, 0.05) is 11.6 Å². The van der Waals surface area contributed by atoms with Crippen LogP contribution in [0.5, 0.6) is 0 Å². The zero-order valence-electron chi connectivity index (χ0n) is 7.84. The lowest BCUT2D eigenvalue weighted by Gasteiger charge is -2.11. The fraction of sp³-hybridized carbons (Fsp3) is 0.455. The lowest BCUT2D eigenvalue weighted by molar-refractivity contribution is 0.522. The molecule has 0 heterocycles. The first-order valence-electron chi connectivity index (χ1n) is 4.88. The highest BCUT2D eigenvalue weighted by Gasteiger charge is 2.27. The van der Waals surface area contributed by atoms with Gasteiger partial charge in [0.05, 0.1) is 0 Å². The SMILES string of the molecule is NC1CCC(c2c(F)cccc2F)C1. The molecule has 1 aliphatic carbocycles. The molecule has 76 valence electrons. The zero-order valence-corrected chi connectivity index (χ0v) is 7.84. The van der Waals surface area contributed by atoms with Crippen molar-refractivity contribution in [3.8, 4) is 0 Å². The third kappa shape index (κ3) is 1.64. The molecule has 0 bridgehead atoms. The normalized spacial score (nSPS) is 26.8. The Morgan fingerprint density at radius 3 is 2.29 bits per heavy atom. The van der Waals surface area contributed by atoms with E-state index >= 15 is 0 Å². The maximum atomic E-state index is 13.3. The van der Waals surface area contributed by atoms with Crippen molar-refractivity contribution in [2.45, 2.75) is 31.2 Å². The molecule has 14 heavy (non-hydrogen) atoms. The topological polar surface area (TPSA) is 26.0 Å². The number of rotatable bonds is 1. The van der Waals surface area contributed by atoms with Gasteiger partial charge in [0.25, 0.3) is 0 Å². The second-order valence-electron chi connectivity index (χ2n) is 3.91. The molecule has 1 nitrogen and oxygen atoms in total. The summed E-state index contributed by atoms with van der Waals surface area (Å²) < 4.78 is 26.7. The predicted molar refractivity (Wildman–Crippen MR) is 50.9 cm³/mol. The van der Waals surface area contributed by atoms with Gasteiger partial charge in [-0.15, -0.1) is 0 Å². The average molecular weight is 197 g/mol. The molecule has 0 amide bonds. The van der Waals surface area contributed by atoms with Gasteiger partial charge in [-0.1, -0.05) is 6.07 Å². The molecule has 3 heteroatoms. The molecule has 1 aromatic rings. The molecule has 1 aromatic carbocycles. The third-order valence-electron chi connectivity index (χ3n) is 2.88. The third-order valence-corrected chi connectivity index (χ3v) is 2.88. The number of benzene rings is 1. The standard InChI is InChI=1S/C11H13F2N/c12-9-2-1-3-10(13)11(9)7-4-5-8(14)6-7/h1-3,7-8H,4-6,14H2. The summed E-state index contributed by atoms with van der Waals surface area (Å²) in [6.45, 7) is 0. The van der Waals surface area contributed by atoms with Gasteiger partial charge in [0.2, 0.25) is 0 Å². The van der Waals surface area contributed by atoms with Crippen LogP contribution in [0.25, 0.3) is 0 Å². The summed E-state index contributed by atoms with van der Waals surface area (Å²) in [4.78, 5) is 0. The van der Waals surface area contributed by atoms with Gasteiger partial charge >= 0.3 is 0 Å². The molecular weight excluding hydrogens is 184 g/mol. The molecule has 2 atom stereocenters. The molecule has 2 unspecified atom stereocenters. The fourth-order valence-electron chi connectivity index (χ4n) is 2.18. The van der Waals surface area contributed by atoms with Gasteiger partial charge in [-0.3, -0.25) is 0 Å². The maximum absolute atomic E-state index is 13.3. The van der Waals surface area contributed by atoms with Gasteiger partial charge in [0.15, 0.2) is 0 Å². The Labute approximate surface area is 81.9 Å². The fourth-order valence-corrected chi connectivity index (χ4v) is 2.18. The van der Waals surface area contributed by atoms with Crippen LogP contribution in [0.4, 0.5) is 8.78 Å². The molecule has 1 aliphatic rings. The minimum Gasteiger partial charge on any atom is -0.328 e. The molecule has 1 fully saturated rings. The number of halogens is 2. The maximum Gasteiger partial charge on any atom is 0.129 e. The lowest BCUT2D eigenvalue weighted by atomic mass is 9.96. The van der Waals surface area contributed by atoms with Crippen LogP contribution in [0, 0.1) is 11.6 Å². The largest absolute Gasteiger partial charge is 0.328 e. The van der Waals surface area contributed by atoms with E-state index in [0.29, 0.717) is 6.42 Å². The van der Waals surface area contributed by atoms with Crippen molar-refractivity contribution in [3.63, 3.8) is 0 Å². The van der Waals surface area contributed by atoms with E-state index < -0.39 is 11.6 Å². The van der Waals surface area contributed by atoms with Crippen LogP contribution in [0.3, 0.4) is 0 Å². The Morgan fingerprint density at radius 2 is 1.79 bits per heavy atom. The summed E-state index contributed by atoms with van der Waals surface area (Å²) in [5.74, 6) is -0.917. The van der Waals surface area contributed by atoms with E-state index in [9.17, 15) is 8.78 Å². The Hall–Kier alpha value is -0.960. The molecule has 0 saturated heterocycles. The van der Waals surface area contributed by atoms with Crippen LogP contribution in [0.1, 0.15) is 30.7 Å². The average Bonchev–Trinajstić information content (AvgIpc) is 2.51. The van der Waals surface area contributed by atoms with Crippen molar-refractivity contribution in [3.05, 3.63) is 35.4 Å². The van der Waals surface area contributed by atoms with Crippen LogP contribution in [0.15, 0.2) is 18.2 Å². The molecule has 1 saturated carbocycles. The number of hydrogen-bond acceptors (Lipinski definition) is 1.